The van der Waals surface area contributed by atoms with Crippen LogP contribution in [0.5, 0.6) is 0 Å². The molecule has 2 aliphatic carbocycles. The molecule has 35 heavy (non-hydrogen) atoms. The second kappa shape index (κ2) is 13.1. The first kappa shape index (κ1) is 25.7. The van der Waals surface area contributed by atoms with E-state index in [9.17, 15) is 4.79 Å². The van der Waals surface area contributed by atoms with E-state index in [2.05, 4.69) is 68.5 Å². The van der Waals surface area contributed by atoms with Gasteiger partial charge in [-0.3, -0.25) is 0 Å². The number of benzene rings is 2. The van der Waals surface area contributed by atoms with Crippen molar-refractivity contribution in [2.24, 2.45) is 11.8 Å². The Balaban J connectivity index is 1.20. The normalized spacial score (nSPS) is 25.9. The van der Waals surface area contributed by atoms with Crippen LogP contribution >= 0.6 is 0 Å². The minimum atomic E-state index is -0.146. The van der Waals surface area contributed by atoms with Crippen molar-refractivity contribution in [1.82, 2.24) is 0 Å². The summed E-state index contributed by atoms with van der Waals surface area (Å²) >= 11 is 0. The van der Waals surface area contributed by atoms with E-state index < -0.39 is 0 Å². The van der Waals surface area contributed by atoms with Gasteiger partial charge in [0.1, 0.15) is 6.10 Å². The summed E-state index contributed by atoms with van der Waals surface area (Å²) in [6.45, 7) is 4.46. The fourth-order valence-electron chi connectivity index (χ4n) is 6.30. The minimum absolute atomic E-state index is 0.0914. The molecule has 0 bridgehead atoms. The molecule has 188 valence electrons. The highest BCUT2D eigenvalue weighted by molar-refractivity contribution is 5.89. The maximum atomic E-state index is 12.7. The molecule has 2 aromatic carbocycles. The lowest BCUT2D eigenvalue weighted by atomic mass is 9.75. The third-order valence-electron chi connectivity index (χ3n) is 8.56. The molecular weight excluding hydrogens is 428 g/mol. The monoisotopic (exact) mass is 472 g/mol. The molecule has 2 aromatic rings. The molecule has 0 N–H and O–H groups in total. The van der Waals surface area contributed by atoms with Crippen LogP contribution in [-0.2, 0) is 4.74 Å². The van der Waals surface area contributed by atoms with Crippen molar-refractivity contribution in [1.29, 1.82) is 0 Å². The molecule has 0 aromatic heterocycles. The lowest BCUT2D eigenvalue weighted by molar-refractivity contribution is 0.0162. The highest BCUT2D eigenvalue weighted by Crippen LogP contribution is 2.39. The molecule has 1 atom stereocenters. The topological polar surface area (TPSA) is 26.3 Å². The predicted molar refractivity (Wildman–Crippen MR) is 146 cm³/mol. The molecule has 2 aliphatic rings. The quantitative estimate of drug-likeness (QED) is 0.268. The molecule has 0 unspecified atom stereocenters. The average Bonchev–Trinajstić information content (AvgIpc) is 2.91. The zero-order valence-electron chi connectivity index (χ0n) is 21.8. The first-order valence-electron chi connectivity index (χ1n) is 14.1. The zero-order valence-corrected chi connectivity index (χ0v) is 21.8. The maximum Gasteiger partial charge on any atom is 0.338 e. The van der Waals surface area contributed by atoms with E-state index in [1.54, 1.807) is 0 Å². The Morgan fingerprint density at radius 2 is 1.54 bits per heavy atom. The Hall–Kier alpha value is -2.35. The lowest BCUT2D eigenvalue weighted by Gasteiger charge is -2.30. The number of carbonyl (C=O) groups is 1. The summed E-state index contributed by atoms with van der Waals surface area (Å²) in [7, 11) is 0. The Bertz CT molecular complexity index is 913. The Kier molecular flexibility index (Phi) is 9.63. The van der Waals surface area contributed by atoms with Gasteiger partial charge in [-0.25, -0.2) is 4.79 Å². The second-order valence-corrected chi connectivity index (χ2v) is 11.1. The van der Waals surface area contributed by atoms with Gasteiger partial charge in [0.2, 0.25) is 0 Å². The van der Waals surface area contributed by atoms with Crippen molar-refractivity contribution in [3.8, 4) is 0 Å². The molecule has 2 saturated carbocycles. The van der Waals surface area contributed by atoms with Crippen molar-refractivity contribution in [2.75, 3.05) is 0 Å². The van der Waals surface area contributed by atoms with E-state index in [4.69, 9.17) is 4.74 Å². The number of rotatable bonds is 9. The third-order valence-corrected chi connectivity index (χ3v) is 8.56. The SMILES string of the molecule is CC=CCCC1CCC(OC(=O)c2ccc(C3CCC(C[C@H](C)c4ccccc4)CC3)cc2)CC1. The highest BCUT2D eigenvalue weighted by atomic mass is 16.5. The van der Waals surface area contributed by atoms with E-state index in [1.165, 1.54) is 68.9 Å². The van der Waals surface area contributed by atoms with Crippen LogP contribution in [0.25, 0.3) is 0 Å². The summed E-state index contributed by atoms with van der Waals surface area (Å²) in [5.74, 6) is 2.73. The van der Waals surface area contributed by atoms with Gasteiger partial charge in [0.05, 0.1) is 5.56 Å². The van der Waals surface area contributed by atoms with Crippen molar-refractivity contribution >= 4 is 5.97 Å². The van der Waals surface area contributed by atoms with Crippen LogP contribution in [0.15, 0.2) is 66.7 Å². The van der Waals surface area contributed by atoms with Gasteiger partial charge in [0.15, 0.2) is 0 Å². The summed E-state index contributed by atoms with van der Waals surface area (Å²) in [5.41, 5.74) is 3.56. The van der Waals surface area contributed by atoms with Crippen LogP contribution < -0.4 is 0 Å². The van der Waals surface area contributed by atoms with E-state index in [1.807, 2.05) is 12.1 Å². The molecular formula is C33H44O2. The van der Waals surface area contributed by atoms with Gasteiger partial charge in [-0.2, -0.15) is 0 Å². The van der Waals surface area contributed by atoms with Crippen LogP contribution in [0.3, 0.4) is 0 Å². The Labute approximate surface area is 213 Å². The zero-order chi connectivity index (χ0) is 24.5. The largest absolute Gasteiger partial charge is 0.459 e. The average molecular weight is 473 g/mol. The molecule has 4 rings (SSSR count). The van der Waals surface area contributed by atoms with Crippen LogP contribution in [0.2, 0.25) is 0 Å². The molecule has 0 radical (unpaired) electrons. The molecule has 2 fully saturated rings. The molecule has 0 saturated heterocycles. The van der Waals surface area contributed by atoms with Crippen molar-refractivity contribution < 1.29 is 9.53 Å². The molecule has 0 heterocycles. The van der Waals surface area contributed by atoms with Crippen molar-refractivity contribution in [3.05, 3.63) is 83.4 Å². The van der Waals surface area contributed by atoms with Gasteiger partial charge >= 0.3 is 5.97 Å². The summed E-state index contributed by atoms with van der Waals surface area (Å²) in [6, 6.07) is 19.3. The molecule has 0 aliphatic heterocycles. The highest BCUT2D eigenvalue weighted by Gasteiger charge is 2.26. The van der Waals surface area contributed by atoms with Crippen LogP contribution in [0.1, 0.15) is 118 Å². The van der Waals surface area contributed by atoms with Gasteiger partial charge < -0.3 is 4.74 Å². The van der Waals surface area contributed by atoms with E-state index in [-0.39, 0.29) is 12.1 Å². The molecule has 2 heteroatoms. The van der Waals surface area contributed by atoms with E-state index in [0.29, 0.717) is 17.4 Å². The number of allylic oxidation sites excluding steroid dienone is 2. The fraction of sp³-hybridized carbons (Fsp3) is 0.545. The number of hydrogen-bond acceptors (Lipinski definition) is 2. The standard InChI is InChI=1S/C33H44O2/c1-3-4-6-9-26-14-22-32(23-15-26)35-33(34)31-20-18-30(19-21-31)29-16-12-27(13-17-29)24-25(2)28-10-7-5-8-11-28/h3-5,7-8,10-11,18-21,25-27,29,32H,6,9,12-17,22-24H2,1-2H3/t25-,26?,27?,29?,32?/m0/s1. The number of ether oxygens (including phenoxy) is 1. The summed E-state index contributed by atoms with van der Waals surface area (Å²) < 4.78 is 5.87. The predicted octanol–water partition coefficient (Wildman–Crippen LogP) is 9.23. The van der Waals surface area contributed by atoms with Crippen molar-refractivity contribution in [2.45, 2.75) is 102 Å². The maximum absolute atomic E-state index is 12.7. The van der Waals surface area contributed by atoms with Gasteiger partial charge in [-0.1, -0.05) is 61.5 Å². The smallest absolute Gasteiger partial charge is 0.338 e. The first-order chi connectivity index (χ1) is 17.1. The molecule has 0 amide bonds. The summed E-state index contributed by atoms with van der Waals surface area (Å²) in [4.78, 5) is 12.7. The second-order valence-electron chi connectivity index (χ2n) is 11.1. The Morgan fingerprint density at radius 1 is 0.886 bits per heavy atom. The van der Waals surface area contributed by atoms with E-state index >= 15 is 0 Å². The minimum Gasteiger partial charge on any atom is -0.459 e. The van der Waals surface area contributed by atoms with Gasteiger partial charge in [0.25, 0.3) is 0 Å². The van der Waals surface area contributed by atoms with Crippen LogP contribution in [0, 0.1) is 11.8 Å². The number of hydrogen-bond donors (Lipinski definition) is 0. The molecule has 0 spiro atoms. The Morgan fingerprint density at radius 3 is 2.20 bits per heavy atom. The summed E-state index contributed by atoms with van der Waals surface area (Å²) in [5, 5.41) is 0. The third kappa shape index (κ3) is 7.56. The van der Waals surface area contributed by atoms with Crippen LogP contribution in [-0.4, -0.2) is 12.1 Å². The number of esters is 1. The number of carbonyl (C=O) groups excluding carboxylic acids is 1. The van der Waals surface area contributed by atoms with Gasteiger partial charge in [-0.05, 0) is 124 Å². The lowest BCUT2D eigenvalue weighted by Crippen LogP contribution is -2.24. The fourth-order valence-corrected chi connectivity index (χ4v) is 6.30. The van der Waals surface area contributed by atoms with E-state index in [0.717, 1.165) is 24.7 Å². The first-order valence-corrected chi connectivity index (χ1v) is 14.1. The van der Waals surface area contributed by atoms with Crippen molar-refractivity contribution in [3.63, 3.8) is 0 Å². The van der Waals surface area contributed by atoms with Crippen LogP contribution in [0.4, 0.5) is 0 Å². The summed E-state index contributed by atoms with van der Waals surface area (Å²) in [6.07, 6.45) is 17.7. The molecule has 2 nitrogen and oxygen atoms in total. The van der Waals surface area contributed by atoms with Gasteiger partial charge in [-0.15, -0.1) is 0 Å². The van der Waals surface area contributed by atoms with Gasteiger partial charge in [0, 0.05) is 0 Å².